The molecule has 0 aliphatic carbocycles. The van der Waals surface area contributed by atoms with Crippen molar-refractivity contribution in [2.24, 2.45) is 23.7 Å². The van der Waals surface area contributed by atoms with Crippen molar-refractivity contribution in [2.75, 3.05) is 39.6 Å². The van der Waals surface area contributed by atoms with Gasteiger partial charge in [0, 0.05) is 25.7 Å². The fourth-order valence-electron chi connectivity index (χ4n) is 10.4. The maximum absolute atomic E-state index is 13.0. The maximum atomic E-state index is 13.0. The largest absolute Gasteiger partial charge is 0.472 e. The zero-order valence-corrected chi connectivity index (χ0v) is 59.8. The molecule has 89 heavy (non-hydrogen) atoms. The van der Waals surface area contributed by atoms with Gasteiger partial charge in [-0.15, -0.1) is 0 Å². The molecule has 8 atom stereocenters. The highest BCUT2D eigenvalue weighted by molar-refractivity contribution is 7.47. The van der Waals surface area contributed by atoms with Crippen molar-refractivity contribution < 1.29 is 80.2 Å². The molecule has 19 heteroatoms. The number of rotatable bonds is 67. The van der Waals surface area contributed by atoms with Gasteiger partial charge in [-0.25, -0.2) is 9.13 Å². The van der Waals surface area contributed by atoms with Crippen molar-refractivity contribution in [3.05, 3.63) is 0 Å². The average molecular weight is 1310 g/mol. The second-order valence-electron chi connectivity index (χ2n) is 26.5. The minimum absolute atomic E-state index is 0.105. The monoisotopic (exact) mass is 1310 g/mol. The van der Waals surface area contributed by atoms with Gasteiger partial charge in [0.1, 0.15) is 19.3 Å². The molecule has 0 amide bonds. The zero-order chi connectivity index (χ0) is 66.1. The number of phosphoric ester groups is 2. The molecule has 0 aromatic heterocycles. The van der Waals surface area contributed by atoms with E-state index in [0.29, 0.717) is 31.6 Å². The van der Waals surface area contributed by atoms with E-state index in [1.807, 2.05) is 0 Å². The van der Waals surface area contributed by atoms with E-state index in [9.17, 15) is 43.2 Å². The standard InChI is InChI=1S/C70H136O17P2/c1-9-61(6)47-39-31-22-16-12-14-18-26-36-44-52-69(74)86-65(56-80-67(72)50-42-34-25-21-20-24-33-41-49-63(8)11-3)58-84-88(76,77)82-54-64(71)55-83-89(78,79)85-59-66(57-81-68(73)51-43-35-29-28-30-38-46-60(4)5)87-70(75)53-45-37-27-19-15-13-17-23-32-40-48-62(7)10-2/h60-66,71H,9-59H2,1-8H3,(H,76,77)(H,78,79)/t61?,62?,63?,64-,65-,66-/m1/s1. The third kappa shape index (κ3) is 60.7. The van der Waals surface area contributed by atoms with Gasteiger partial charge in [-0.2, -0.15) is 0 Å². The number of carbonyl (C=O) groups excluding carboxylic acids is 4. The van der Waals surface area contributed by atoms with Crippen LogP contribution in [0.5, 0.6) is 0 Å². The number of aliphatic hydroxyl groups is 1. The lowest BCUT2D eigenvalue weighted by molar-refractivity contribution is -0.161. The molecule has 528 valence electrons. The van der Waals surface area contributed by atoms with E-state index < -0.39 is 97.5 Å². The van der Waals surface area contributed by atoms with Crippen LogP contribution in [-0.2, 0) is 65.4 Å². The lowest BCUT2D eigenvalue weighted by Crippen LogP contribution is -2.30. The minimum atomic E-state index is -4.95. The fraction of sp³-hybridized carbons (Fsp3) is 0.943. The first-order valence-electron chi connectivity index (χ1n) is 36.3. The smallest absolute Gasteiger partial charge is 0.462 e. The quantitative estimate of drug-likeness (QED) is 0.0222. The number of unbranched alkanes of at least 4 members (excludes halogenated alkanes) is 30. The molecule has 17 nitrogen and oxygen atoms in total. The van der Waals surface area contributed by atoms with Crippen LogP contribution < -0.4 is 0 Å². The van der Waals surface area contributed by atoms with E-state index in [1.54, 1.807) is 0 Å². The predicted octanol–water partition coefficient (Wildman–Crippen LogP) is 19.7. The molecule has 0 heterocycles. The summed E-state index contributed by atoms with van der Waals surface area (Å²) in [5, 5.41) is 10.6. The summed E-state index contributed by atoms with van der Waals surface area (Å²) < 4.78 is 68.3. The summed E-state index contributed by atoms with van der Waals surface area (Å²) in [5.41, 5.74) is 0. The molecule has 0 bridgehead atoms. The van der Waals surface area contributed by atoms with Gasteiger partial charge in [0.15, 0.2) is 12.2 Å². The van der Waals surface area contributed by atoms with Gasteiger partial charge in [0.2, 0.25) is 0 Å². The third-order valence-corrected chi connectivity index (χ3v) is 19.1. The van der Waals surface area contributed by atoms with Crippen LogP contribution in [0.25, 0.3) is 0 Å². The van der Waals surface area contributed by atoms with Crippen LogP contribution in [-0.4, -0.2) is 96.7 Å². The van der Waals surface area contributed by atoms with Gasteiger partial charge in [0.25, 0.3) is 0 Å². The minimum Gasteiger partial charge on any atom is -0.462 e. The summed E-state index contributed by atoms with van der Waals surface area (Å²) >= 11 is 0. The van der Waals surface area contributed by atoms with Crippen LogP contribution in [0.3, 0.4) is 0 Å². The van der Waals surface area contributed by atoms with Gasteiger partial charge in [-0.1, -0.05) is 293 Å². The van der Waals surface area contributed by atoms with Crippen LogP contribution in [0.4, 0.5) is 0 Å². The van der Waals surface area contributed by atoms with Gasteiger partial charge in [-0.05, 0) is 49.4 Å². The molecule has 3 N–H and O–H groups in total. The lowest BCUT2D eigenvalue weighted by Gasteiger charge is -2.21. The summed E-state index contributed by atoms with van der Waals surface area (Å²) in [7, 11) is -9.90. The molecule has 0 spiro atoms. The summed E-state index contributed by atoms with van der Waals surface area (Å²) in [5.74, 6) is 0.932. The van der Waals surface area contributed by atoms with Crippen LogP contribution in [0, 0.1) is 23.7 Å². The normalized spacial score (nSPS) is 15.2. The number of aliphatic hydroxyl groups excluding tert-OH is 1. The van der Waals surface area contributed by atoms with Gasteiger partial charge < -0.3 is 33.8 Å². The first kappa shape index (κ1) is 87.1. The number of hydrogen-bond donors (Lipinski definition) is 3. The van der Waals surface area contributed by atoms with Gasteiger partial charge >= 0.3 is 39.5 Å². The maximum Gasteiger partial charge on any atom is 0.472 e. The Morgan fingerprint density at radius 1 is 0.315 bits per heavy atom. The zero-order valence-electron chi connectivity index (χ0n) is 58.1. The topological polar surface area (TPSA) is 237 Å². The Hall–Kier alpha value is -1.94. The fourth-order valence-corrected chi connectivity index (χ4v) is 12.0. The number of esters is 4. The Kier molecular flexibility index (Phi) is 58.5. The van der Waals surface area contributed by atoms with E-state index in [4.69, 9.17) is 37.0 Å². The van der Waals surface area contributed by atoms with Crippen molar-refractivity contribution >= 4 is 39.5 Å². The molecule has 0 radical (unpaired) electrons. The Morgan fingerprint density at radius 2 is 0.539 bits per heavy atom. The molecule has 0 aromatic rings. The second kappa shape index (κ2) is 59.8. The molecule has 0 rings (SSSR count). The van der Waals surface area contributed by atoms with Crippen molar-refractivity contribution in [2.45, 2.75) is 363 Å². The number of ether oxygens (including phenoxy) is 4. The number of carbonyl (C=O) groups is 4. The average Bonchev–Trinajstić information content (AvgIpc) is 3.71. The molecule has 0 aliphatic heterocycles. The molecule has 5 unspecified atom stereocenters. The third-order valence-electron chi connectivity index (χ3n) is 17.2. The van der Waals surface area contributed by atoms with Crippen molar-refractivity contribution in [3.63, 3.8) is 0 Å². The molecule has 0 fully saturated rings. The molecule has 0 saturated heterocycles. The van der Waals surface area contributed by atoms with Crippen molar-refractivity contribution in [1.82, 2.24) is 0 Å². The molecular weight excluding hydrogens is 1170 g/mol. The van der Waals surface area contributed by atoms with Crippen molar-refractivity contribution in [3.8, 4) is 0 Å². The summed E-state index contributed by atoms with van der Waals surface area (Å²) in [6.07, 6.45) is 41.6. The van der Waals surface area contributed by atoms with Crippen molar-refractivity contribution in [1.29, 1.82) is 0 Å². The van der Waals surface area contributed by atoms with E-state index in [1.165, 1.54) is 141 Å². The Labute approximate surface area is 543 Å². The Bertz CT molecular complexity index is 1770. The first-order chi connectivity index (χ1) is 42.7. The summed E-state index contributed by atoms with van der Waals surface area (Å²) in [6, 6.07) is 0. The van der Waals surface area contributed by atoms with E-state index >= 15 is 0 Å². The highest BCUT2D eigenvalue weighted by atomic mass is 31.2. The Balaban J connectivity index is 5.27. The van der Waals surface area contributed by atoms with Crippen LogP contribution in [0.1, 0.15) is 344 Å². The SMILES string of the molecule is CCC(C)CCCCCCCCCCCCC(=O)O[C@H](COC(=O)CCCCCCCCCCC(C)CC)COP(=O)(O)OC[C@@H](O)COP(=O)(O)OC[C@@H](COC(=O)CCCCCCCCC(C)C)OC(=O)CCCCCCCCCCCCC(C)CC. The van der Waals surface area contributed by atoms with E-state index in [2.05, 4.69) is 55.4 Å². The van der Waals surface area contributed by atoms with E-state index in [0.717, 1.165) is 114 Å². The van der Waals surface area contributed by atoms with E-state index in [-0.39, 0.29) is 25.7 Å². The molecular formula is C70H136O17P2. The Morgan fingerprint density at radius 3 is 0.798 bits per heavy atom. The molecule has 0 aliphatic rings. The molecule has 0 aromatic carbocycles. The molecule has 0 saturated carbocycles. The summed E-state index contributed by atoms with van der Waals surface area (Å²) in [4.78, 5) is 72.5. The number of hydrogen-bond acceptors (Lipinski definition) is 15. The van der Waals surface area contributed by atoms with Crippen LogP contribution in [0.2, 0.25) is 0 Å². The predicted molar refractivity (Wildman–Crippen MR) is 358 cm³/mol. The summed E-state index contributed by atoms with van der Waals surface area (Å²) in [6.45, 7) is 14.1. The number of phosphoric acid groups is 2. The van der Waals surface area contributed by atoms with Gasteiger partial charge in [-0.3, -0.25) is 37.3 Å². The first-order valence-corrected chi connectivity index (χ1v) is 39.3. The van der Waals surface area contributed by atoms with Crippen LogP contribution in [0.15, 0.2) is 0 Å². The lowest BCUT2D eigenvalue weighted by atomic mass is 9.99. The highest BCUT2D eigenvalue weighted by Gasteiger charge is 2.30. The second-order valence-corrected chi connectivity index (χ2v) is 29.4. The highest BCUT2D eigenvalue weighted by Crippen LogP contribution is 2.45. The van der Waals surface area contributed by atoms with Gasteiger partial charge in [0.05, 0.1) is 26.4 Å². The van der Waals surface area contributed by atoms with Crippen LogP contribution >= 0.6 is 15.6 Å².